The maximum absolute atomic E-state index is 13.8. The maximum atomic E-state index is 13.8. The largest absolute Gasteiger partial charge is 0.317 e. The Bertz CT molecular complexity index is 376. The van der Waals surface area contributed by atoms with Crippen LogP contribution in [-0.4, -0.2) is 19.3 Å². The van der Waals surface area contributed by atoms with Crippen molar-refractivity contribution in [3.8, 4) is 0 Å². The summed E-state index contributed by atoms with van der Waals surface area (Å²) in [6, 6.07) is 3.42. The van der Waals surface area contributed by atoms with Gasteiger partial charge in [-0.2, -0.15) is 0 Å². The molecular formula is C12H15F2NS. The molecule has 0 amide bonds. The molecule has 0 atom stereocenters. The van der Waals surface area contributed by atoms with Gasteiger partial charge < -0.3 is 5.32 Å². The third-order valence-corrected chi connectivity index (χ3v) is 3.83. The summed E-state index contributed by atoms with van der Waals surface area (Å²) < 4.78 is 27.4. The summed E-state index contributed by atoms with van der Waals surface area (Å²) in [5.74, 6) is -1.19. The highest BCUT2D eigenvalue weighted by molar-refractivity contribution is 7.98. The summed E-state index contributed by atoms with van der Waals surface area (Å²) in [6.07, 6.45) is 3.52. The van der Waals surface area contributed by atoms with Crippen molar-refractivity contribution in [2.24, 2.45) is 0 Å². The quantitative estimate of drug-likeness (QED) is 0.801. The second kappa shape index (κ2) is 5.15. The molecular weight excluding hydrogens is 228 g/mol. The van der Waals surface area contributed by atoms with Gasteiger partial charge in [0, 0.05) is 4.90 Å². The number of hydrogen-bond acceptors (Lipinski definition) is 2. The van der Waals surface area contributed by atoms with Crippen molar-refractivity contribution in [3.05, 3.63) is 29.3 Å². The normalized spacial score (nSPS) is 17.7. The van der Waals surface area contributed by atoms with E-state index in [9.17, 15) is 8.78 Å². The van der Waals surface area contributed by atoms with Crippen LogP contribution < -0.4 is 5.32 Å². The summed E-state index contributed by atoms with van der Waals surface area (Å²) in [5, 5.41) is 3.22. The third-order valence-electron chi connectivity index (χ3n) is 3.08. The molecule has 4 heteroatoms. The standard InChI is InChI=1S/C12H15F2NS/c1-16-10-3-2-9(11(13)12(10)14)8-4-6-15-7-5-8/h2-3,8,15H,4-7H2,1H3. The van der Waals surface area contributed by atoms with Gasteiger partial charge in [0.1, 0.15) is 0 Å². The van der Waals surface area contributed by atoms with Gasteiger partial charge >= 0.3 is 0 Å². The Kier molecular flexibility index (Phi) is 3.82. The van der Waals surface area contributed by atoms with Crippen molar-refractivity contribution in [3.63, 3.8) is 0 Å². The van der Waals surface area contributed by atoms with E-state index in [1.807, 2.05) is 0 Å². The molecule has 0 saturated carbocycles. The van der Waals surface area contributed by atoms with Crippen molar-refractivity contribution < 1.29 is 8.78 Å². The van der Waals surface area contributed by atoms with Crippen LogP contribution in [0.25, 0.3) is 0 Å². The molecule has 0 aromatic heterocycles. The average molecular weight is 243 g/mol. The minimum absolute atomic E-state index is 0.159. The fourth-order valence-corrected chi connectivity index (χ4v) is 2.63. The molecule has 0 radical (unpaired) electrons. The third kappa shape index (κ3) is 2.23. The predicted molar refractivity (Wildman–Crippen MR) is 63.0 cm³/mol. The lowest BCUT2D eigenvalue weighted by molar-refractivity contribution is 0.424. The van der Waals surface area contributed by atoms with E-state index in [0.29, 0.717) is 10.5 Å². The Labute approximate surface area is 98.6 Å². The molecule has 1 aliphatic heterocycles. The Morgan fingerprint density at radius 3 is 2.50 bits per heavy atom. The second-order valence-corrected chi connectivity index (χ2v) is 4.86. The summed E-state index contributed by atoms with van der Waals surface area (Å²) in [4.78, 5) is 0.384. The molecule has 1 aliphatic rings. The van der Waals surface area contributed by atoms with Crippen LogP contribution in [0.2, 0.25) is 0 Å². The highest BCUT2D eigenvalue weighted by atomic mass is 32.2. The molecule has 1 aromatic carbocycles. The first kappa shape index (κ1) is 11.9. The fraction of sp³-hybridized carbons (Fsp3) is 0.500. The number of benzene rings is 1. The molecule has 0 unspecified atom stereocenters. The molecule has 1 fully saturated rings. The van der Waals surface area contributed by atoms with Gasteiger partial charge in [-0.25, -0.2) is 8.78 Å². The van der Waals surface area contributed by atoms with Crippen molar-refractivity contribution in [2.75, 3.05) is 19.3 Å². The highest BCUT2D eigenvalue weighted by Gasteiger charge is 2.21. The predicted octanol–water partition coefficient (Wildman–Crippen LogP) is 3.15. The number of hydrogen-bond donors (Lipinski definition) is 1. The van der Waals surface area contributed by atoms with Crippen LogP contribution >= 0.6 is 11.8 Å². The second-order valence-electron chi connectivity index (χ2n) is 4.01. The summed E-state index contributed by atoms with van der Waals surface area (Å²) in [7, 11) is 0. The summed E-state index contributed by atoms with van der Waals surface area (Å²) in [5.41, 5.74) is 0.539. The van der Waals surface area contributed by atoms with E-state index in [1.54, 1.807) is 18.4 Å². The van der Waals surface area contributed by atoms with E-state index in [1.165, 1.54) is 11.8 Å². The van der Waals surface area contributed by atoms with Crippen LogP contribution in [-0.2, 0) is 0 Å². The topological polar surface area (TPSA) is 12.0 Å². The molecule has 1 N–H and O–H groups in total. The van der Waals surface area contributed by atoms with Crippen LogP contribution in [0.3, 0.4) is 0 Å². The van der Waals surface area contributed by atoms with Gasteiger partial charge in [-0.05, 0) is 49.7 Å². The lowest BCUT2D eigenvalue weighted by Crippen LogP contribution is -2.27. The van der Waals surface area contributed by atoms with E-state index < -0.39 is 11.6 Å². The van der Waals surface area contributed by atoms with Gasteiger partial charge in [-0.1, -0.05) is 6.07 Å². The lowest BCUT2D eigenvalue weighted by atomic mass is 9.90. The molecule has 16 heavy (non-hydrogen) atoms. The van der Waals surface area contributed by atoms with Gasteiger partial charge in [0.25, 0.3) is 0 Å². The monoisotopic (exact) mass is 243 g/mol. The van der Waals surface area contributed by atoms with Gasteiger partial charge in [-0.3, -0.25) is 0 Å². The lowest BCUT2D eigenvalue weighted by Gasteiger charge is -2.23. The number of rotatable bonds is 2. The zero-order chi connectivity index (χ0) is 11.5. The Morgan fingerprint density at radius 2 is 1.88 bits per heavy atom. The SMILES string of the molecule is CSc1ccc(C2CCNCC2)c(F)c1F. The van der Waals surface area contributed by atoms with E-state index >= 15 is 0 Å². The molecule has 88 valence electrons. The minimum Gasteiger partial charge on any atom is -0.317 e. The van der Waals surface area contributed by atoms with E-state index in [-0.39, 0.29) is 5.92 Å². The Hall–Kier alpha value is -0.610. The molecule has 2 rings (SSSR count). The zero-order valence-electron chi connectivity index (χ0n) is 9.22. The van der Waals surface area contributed by atoms with Gasteiger partial charge in [0.2, 0.25) is 0 Å². The number of piperidine rings is 1. The first-order valence-corrected chi connectivity index (χ1v) is 6.69. The van der Waals surface area contributed by atoms with Gasteiger partial charge in [0.05, 0.1) is 0 Å². The number of thioether (sulfide) groups is 1. The molecule has 0 bridgehead atoms. The Morgan fingerprint density at radius 1 is 1.19 bits per heavy atom. The number of halogens is 2. The first-order valence-electron chi connectivity index (χ1n) is 5.46. The molecule has 1 aromatic rings. The molecule has 1 nitrogen and oxygen atoms in total. The Balaban J connectivity index is 2.30. The molecule has 0 spiro atoms. The summed E-state index contributed by atoms with van der Waals surface area (Å²) in [6.45, 7) is 1.77. The average Bonchev–Trinajstić information content (AvgIpc) is 2.34. The van der Waals surface area contributed by atoms with Crippen molar-refractivity contribution >= 4 is 11.8 Å². The number of nitrogens with one attached hydrogen (secondary N) is 1. The maximum Gasteiger partial charge on any atom is 0.172 e. The van der Waals surface area contributed by atoms with Gasteiger partial charge in [-0.15, -0.1) is 11.8 Å². The molecule has 1 heterocycles. The smallest absolute Gasteiger partial charge is 0.172 e. The minimum atomic E-state index is -0.691. The van der Waals surface area contributed by atoms with Crippen LogP contribution in [0.15, 0.2) is 17.0 Å². The van der Waals surface area contributed by atoms with E-state index in [0.717, 1.165) is 25.9 Å². The molecule has 1 saturated heterocycles. The highest BCUT2D eigenvalue weighted by Crippen LogP contribution is 2.31. The van der Waals surface area contributed by atoms with Crippen LogP contribution in [0.1, 0.15) is 24.3 Å². The van der Waals surface area contributed by atoms with Gasteiger partial charge in [0.15, 0.2) is 11.6 Å². The van der Waals surface area contributed by atoms with Crippen molar-refractivity contribution in [1.82, 2.24) is 5.32 Å². The van der Waals surface area contributed by atoms with E-state index in [2.05, 4.69) is 5.32 Å². The van der Waals surface area contributed by atoms with E-state index in [4.69, 9.17) is 0 Å². The van der Waals surface area contributed by atoms with Crippen LogP contribution in [0.5, 0.6) is 0 Å². The fourth-order valence-electron chi connectivity index (χ4n) is 2.15. The van der Waals surface area contributed by atoms with Crippen molar-refractivity contribution in [2.45, 2.75) is 23.7 Å². The van der Waals surface area contributed by atoms with Crippen LogP contribution in [0.4, 0.5) is 8.78 Å². The molecule has 0 aliphatic carbocycles. The summed E-state index contributed by atoms with van der Waals surface area (Å²) >= 11 is 1.24. The van der Waals surface area contributed by atoms with Crippen LogP contribution in [0, 0.1) is 11.6 Å². The first-order chi connectivity index (χ1) is 7.74. The van der Waals surface area contributed by atoms with Crippen molar-refractivity contribution in [1.29, 1.82) is 0 Å². The zero-order valence-corrected chi connectivity index (χ0v) is 10.0.